The zero-order valence-electron chi connectivity index (χ0n) is 27.2. The number of hydrogen-bond acceptors (Lipinski definition) is 4. The van der Waals surface area contributed by atoms with Crippen molar-refractivity contribution < 1.29 is 4.79 Å². The van der Waals surface area contributed by atoms with Gasteiger partial charge in [0.05, 0.1) is 17.1 Å². The van der Waals surface area contributed by atoms with Gasteiger partial charge in [0.2, 0.25) is 0 Å². The molecule has 0 bridgehead atoms. The average molecular weight is 659 g/mol. The number of aryl methyl sites for hydroxylation is 1. The number of allylic oxidation sites excluding steroid dienone is 1. The van der Waals surface area contributed by atoms with Crippen LogP contribution in [0.4, 0.5) is 34.1 Å². The molecule has 0 saturated carbocycles. The van der Waals surface area contributed by atoms with E-state index >= 15 is 0 Å². The van der Waals surface area contributed by atoms with Gasteiger partial charge < -0.3 is 9.80 Å². The average Bonchev–Trinajstić information content (AvgIpc) is 3.45. The first kappa shape index (κ1) is 28.0. The topological polar surface area (TPSA) is 23.6 Å². The molecule has 2 aliphatic heterocycles. The third-order valence-electron chi connectivity index (χ3n) is 10.8. The lowest BCUT2D eigenvalue weighted by Crippen LogP contribution is -2.20. The highest BCUT2D eigenvalue weighted by Gasteiger charge is 2.33. The number of benzene rings is 7. The Kier molecular flexibility index (Phi) is 5.93. The fraction of sp³-hybridized carbons (Fsp3) is 0.0652. The van der Waals surface area contributed by atoms with E-state index in [-0.39, 0.29) is 5.78 Å². The summed E-state index contributed by atoms with van der Waals surface area (Å²) >= 11 is 1.83. The molecule has 0 radical (unpaired) electrons. The van der Waals surface area contributed by atoms with E-state index in [1.54, 1.807) is 0 Å². The first-order valence-corrected chi connectivity index (χ1v) is 18.1. The number of para-hydroxylation sites is 2. The Morgan fingerprint density at radius 1 is 0.560 bits per heavy atom. The lowest BCUT2D eigenvalue weighted by molar-refractivity contribution is 0.104. The molecule has 0 aromatic heterocycles. The Hall–Kier alpha value is -5.84. The number of rotatable bonds is 2. The fourth-order valence-electron chi connectivity index (χ4n) is 8.53. The number of ketones is 1. The molecular formula is C46H30N2OS. The molecule has 0 amide bonds. The maximum atomic E-state index is 13.9. The van der Waals surface area contributed by atoms with E-state index in [1.165, 1.54) is 54.2 Å². The van der Waals surface area contributed by atoms with E-state index in [9.17, 15) is 4.79 Å². The number of anilines is 6. The van der Waals surface area contributed by atoms with Crippen LogP contribution < -0.4 is 9.80 Å². The number of carbonyl (C=O) groups excluding carboxylic acids is 1. The van der Waals surface area contributed by atoms with E-state index in [0.717, 1.165) is 64.3 Å². The second-order valence-electron chi connectivity index (χ2n) is 13.5. The zero-order chi connectivity index (χ0) is 32.9. The zero-order valence-corrected chi connectivity index (χ0v) is 28.0. The Morgan fingerprint density at radius 3 is 2.10 bits per heavy atom. The minimum atomic E-state index is 0.0905. The van der Waals surface area contributed by atoms with Crippen LogP contribution in [0, 0.1) is 0 Å². The third-order valence-corrected chi connectivity index (χ3v) is 12.0. The Bertz CT molecular complexity index is 2650. The number of carbonyl (C=O) groups is 1. The highest BCUT2D eigenvalue weighted by atomic mass is 32.2. The van der Waals surface area contributed by atoms with Gasteiger partial charge in [-0.3, -0.25) is 4.79 Å². The van der Waals surface area contributed by atoms with Crippen LogP contribution in [0.15, 0.2) is 149 Å². The summed E-state index contributed by atoms with van der Waals surface area (Å²) in [6.45, 7) is 0. The number of nitrogens with zero attached hydrogens (tertiary/aromatic N) is 2. The predicted octanol–water partition coefficient (Wildman–Crippen LogP) is 12.3. The second kappa shape index (κ2) is 10.6. The van der Waals surface area contributed by atoms with Crippen molar-refractivity contribution in [2.45, 2.75) is 29.1 Å². The maximum absolute atomic E-state index is 13.9. The molecule has 236 valence electrons. The molecule has 0 saturated heterocycles. The van der Waals surface area contributed by atoms with Crippen LogP contribution >= 0.6 is 11.8 Å². The van der Waals surface area contributed by atoms with Crippen LogP contribution in [0.5, 0.6) is 0 Å². The van der Waals surface area contributed by atoms with Crippen LogP contribution in [-0.2, 0) is 12.8 Å². The highest BCUT2D eigenvalue weighted by Crippen LogP contribution is 2.55. The lowest BCUT2D eigenvalue weighted by atomic mass is 9.85. The van der Waals surface area contributed by atoms with Crippen LogP contribution in [0.1, 0.15) is 44.6 Å². The molecule has 2 aliphatic carbocycles. The molecular weight excluding hydrogens is 629 g/mol. The monoisotopic (exact) mass is 658 g/mol. The molecule has 11 rings (SSSR count). The van der Waals surface area contributed by atoms with Crippen molar-refractivity contribution in [3.05, 3.63) is 173 Å². The van der Waals surface area contributed by atoms with Gasteiger partial charge in [0, 0.05) is 44.4 Å². The molecule has 7 aromatic rings. The molecule has 0 unspecified atom stereocenters. The Balaban J connectivity index is 1.08. The molecule has 3 nitrogen and oxygen atoms in total. The van der Waals surface area contributed by atoms with Gasteiger partial charge in [0.15, 0.2) is 5.78 Å². The van der Waals surface area contributed by atoms with Crippen molar-refractivity contribution in [2.75, 3.05) is 9.80 Å². The maximum Gasteiger partial charge on any atom is 0.194 e. The van der Waals surface area contributed by atoms with Crippen LogP contribution in [-0.4, -0.2) is 5.78 Å². The molecule has 0 N–H and O–H groups in total. The van der Waals surface area contributed by atoms with Gasteiger partial charge in [-0.1, -0.05) is 90.6 Å². The summed E-state index contributed by atoms with van der Waals surface area (Å²) in [7, 11) is 0. The van der Waals surface area contributed by atoms with Gasteiger partial charge >= 0.3 is 0 Å². The summed E-state index contributed by atoms with van der Waals surface area (Å²) in [6.07, 6.45) is 7.72. The summed E-state index contributed by atoms with van der Waals surface area (Å²) in [6, 6.07) is 47.9. The van der Waals surface area contributed by atoms with Crippen molar-refractivity contribution in [2.24, 2.45) is 0 Å². The molecule has 4 aliphatic rings. The molecule has 0 spiro atoms. The minimum absolute atomic E-state index is 0.0905. The van der Waals surface area contributed by atoms with Crippen LogP contribution in [0.2, 0.25) is 0 Å². The van der Waals surface area contributed by atoms with E-state index in [4.69, 9.17) is 0 Å². The van der Waals surface area contributed by atoms with Crippen molar-refractivity contribution in [1.29, 1.82) is 0 Å². The van der Waals surface area contributed by atoms with Crippen LogP contribution in [0.3, 0.4) is 0 Å². The van der Waals surface area contributed by atoms with Gasteiger partial charge in [-0.2, -0.15) is 0 Å². The molecule has 50 heavy (non-hydrogen) atoms. The predicted molar refractivity (Wildman–Crippen MR) is 206 cm³/mol. The number of hydrogen-bond donors (Lipinski definition) is 0. The van der Waals surface area contributed by atoms with E-state index < -0.39 is 0 Å². The quantitative estimate of drug-likeness (QED) is 0.184. The van der Waals surface area contributed by atoms with E-state index in [0.29, 0.717) is 0 Å². The Labute approximate surface area is 295 Å². The summed E-state index contributed by atoms with van der Waals surface area (Å²) in [4.78, 5) is 21.2. The molecule has 4 heteroatoms. The molecule has 7 aromatic carbocycles. The van der Waals surface area contributed by atoms with Crippen molar-refractivity contribution in [3.63, 3.8) is 0 Å². The van der Waals surface area contributed by atoms with Crippen molar-refractivity contribution in [1.82, 2.24) is 0 Å². The second-order valence-corrected chi connectivity index (χ2v) is 14.6. The van der Waals surface area contributed by atoms with E-state index in [1.807, 2.05) is 23.9 Å². The molecule has 0 fully saturated rings. The van der Waals surface area contributed by atoms with Gasteiger partial charge in [0.1, 0.15) is 0 Å². The molecule has 0 atom stereocenters. The van der Waals surface area contributed by atoms with Gasteiger partial charge in [0.25, 0.3) is 0 Å². The minimum Gasteiger partial charge on any atom is -0.310 e. The first-order valence-electron chi connectivity index (χ1n) is 17.3. The summed E-state index contributed by atoms with van der Waals surface area (Å²) in [5, 5.41) is 2.48. The van der Waals surface area contributed by atoms with Crippen LogP contribution in [0.25, 0.3) is 28.0 Å². The summed E-state index contributed by atoms with van der Waals surface area (Å²) in [5.41, 5.74) is 15.8. The van der Waals surface area contributed by atoms with Crippen molar-refractivity contribution in [3.8, 4) is 11.1 Å². The molecule has 2 heterocycles. The van der Waals surface area contributed by atoms with Gasteiger partial charge in [-0.15, -0.1) is 0 Å². The van der Waals surface area contributed by atoms with Crippen molar-refractivity contribution >= 4 is 68.5 Å². The standard InChI is InChI=1S/C46H30N2OS/c49-45-35-21-19-31(47-40-14-6-3-11-30(40)25-39-33-12-4-1-9-28(33)17-23-41(39)47)26-37(35)38-27-32(20-22-36(38)45)48-42-15-7-8-16-44(42)50-46-34-13-5-2-10-29(34)18-24-43(46)48/h2-8,10-24,26-27H,1,9,25H2. The highest BCUT2D eigenvalue weighted by molar-refractivity contribution is 8.00. The number of fused-ring (bicyclic) bond motifs is 11. The smallest absolute Gasteiger partial charge is 0.194 e. The SMILES string of the molecule is O=C1c2ccc(N3c4ccccc4Cc4c3ccc3c4C=CCC3)cc2-c2cc(N3c4ccccc4Sc4c3ccc3ccccc43)ccc21. The lowest BCUT2D eigenvalue weighted by Gasteiger charge is -2.35. The normalized spacial score (nSPS) is 14.8. The van der Waals surface area contributed by atoms with Gasteiger partial charge in [-0.25, -0.2) is 0 Å². The third kappa shape index (κ3) is 3.97. The Morgan fingerprint density at radius 2 is 1.26 bits per heavy atom. The summed E-state index contributed by atoms with van der Waals surface area (Å²) < 4.78 is 0. The van der Waals surface area contributed by atoms with Gasteiger partial charge in [-0.05, 0) is 124 Å². The summed E-state index contributed by atoms with van der Waals surface area (Å²) in [5.74, 6) is 0.0905. The first-order chi connectivity index (χ1) is 24.7. The fourth-order valence-corrected chi connectivity index (χ4v) is 9.72. The largest absolute Gasteiger partial charge is 0.310 e. The van der Waals surface area contributed by atoms with E-state index in [2.05, 4.69) is 143 Å².